The van der Waals surface area contributed by atoms with Gasteiger partial charge < -0.3 is 9.80 Å². The monoisotopic (exact) mass is 266 g/mol. The molecule has 0 spiro atoms. The minimum Gasteiger partial charge on any atom is -0.325 e. The lowest BCUT2D eigenvalue weighted by Gasteiger charge is -2.40. The van der Waals surface area contributed by atoms with Crippen LogP contribution in [-0.4, -0.2) is 47.3 Å². The maximum Gasteiger partial charge on any atom is 0.320 e. The van der Waals surface area contributed by atoms with Gasteiger partial charge in [-0.3, -0.25) is 4.79 Å². The quantitative estimate of drug-likeness (QED) is 0.771. The Morgan fingerprint density at radius 3 is 2.37 bits per heavy atom. The molecule has 2 aliphatic heterocycles. The number of likely N-dealkylation sites (tertiary alicyclic amines) is 2. The van der Waals surface area contributed by atoms with Gasteiger partial charge in [-0.1, -0.05) is 6.92 Å². The molecule has 2 rings (SSSR count). The fourth-order valence-electron chi connectivity index (χ4n) is 3.18. The third kappa shape index (κ3) is 3.71. The maximum absolute atomic E-state index is 12.6. The van der Waals surface area contributed by atoms with E-state index >= 15 is 0 Å². The summed E-state index contributed by atoms with van der Waals surface area (Å²) in [6, 6.07) is 0.302. The van der Waals surface area contributed by atoms with Gasteiger partial charge in [-0.25, -0.2) is 4.79 Å². The van der Waals surface area contributed by atoms with Gasteiger partial charge in [0.15, 0.2) is 0 Å². The number of ketones is 1. The molecule has 2 amide bonds. The number of rotatable bonds is 2. The smallest absolute Gasteiger partial charge is 0.320 e. The zero-order valence-electron chi connectivity index (χ0n) is 12.2. The van der Waals surface area contributed by atoms with Crippen LogP contribution in [0.2, 0.25) is 0 Å². The van der Waals surface area contributed by atoms with Gasteiger partial charge in [-0.05, 0) is 44.9 Å². The van der Waals surface area contributed by atoms with Crippen molar-refractivity contribution in [3.63, 3.8) is 0 Å². The SMILES string of the molecule is CC(=O)CC1CCCCN1C(=O)N1CCC(C)CC1. The molecule has 1 atom stereocenters. The van der Waals surface area contributed by atoms with Gasteiger partial charge in [0.25, 0.3) is 0 Å². The first-order chi connectivity index (χ1) is 9.08. The molecule has 0 aliphatic carbocycles. The van der Waals surface area contributed by atoms with Crippen LogP contribution >= 0.6 is 0 Å². The van der Waals surface area contributed by atoms with Crippen molar-refractivity contribution < 1.29 is 9.59 Å². The van der Waals surface area contributed by atoms with Crippen LogP contribution in [0.5, 0.6) is 0 Å². The summed E-state index contributed by atoms with van der Waals surface area (Å²) in [4.78, 5) is 27.9. The molecular formula is C15H26N2O2. The maximum atomic E-state index is 12.6. The van der Waals surface area contributed by atoms with Crippen molar-refractivity contribution in [2.24, 2.45) is 5.92 Å². The van der Waals surface area contributed by atoms with Gasteiger partial charge in [0.05, 0.1) is 0 Å². The lowest BCUT2D eigenvalue weighted by Crippen LogP contribution is -2.52. The van der Waals surface area contributed by atoms with Gasteiger partial charge in [-0.15, -0.1) is 0 Å². The van der Waals surface area contributed by atoms with E-state index in [9.17, 15) is 9.59 Å². The average Bonchev–Trinajstić information content (AvgIpc) is 2.39. The van der Waals surface area contributed by atoms with Crippen LogP contribution in [0.3, 0.4) is 0 Å². The van der Waals surface area contributed by atoms with Crippen LogP contribution in [-0.2, 0) is 4.79 Å². The number of piperidine rings is 2. The molecule has 4 nitrogen and oxygen atoms in total. The van der Waals surface area contributed by atoms with Crippen LogP contribution in [0.4, 0.5) is 4.79 Å². The van der Waals surface area contributed by atoms with Crippen LogP contribution in [0, 0.1) is 5.92 Å². The fraction of sp³-hybridized carbons (Fsp3) is 0.867. The highest BCUT2D eigenvalue weighted by atomic mass is 16.2. The molecule has 0 saturated carbocycles. The summed E-state index contributed by atoms with van der Waals surface area (Å²) in [5.74, 6) is 0.926. The molecule has 0 bridgehead atoms. The Morgan fingerprint density at radius 2 is 1.74 bits per heavy atom. The zero-order chi connectivity index (χ0) is 13.8. The first-order valence-corrected chi connectivity index (χ1v) is 7.63. The molecule has 0 aromatic rings. The summed E-state index contributed by atoms with van der Waals surface area (Å²) < 4.78 is 0. The van der Waals surface area contributed by atoms with Crippen molar-refractivity contribution in [1.29, 1.82) is 0 Å². The van der Waals surface area contributed by atoms with Crippen LogP contribution < -0.4 is 0 Å². The summed E-state index contributed by atoms with van der Waals surface area (Å²) in [6.45, 7) is 6.45. The van der Waals surface area contributed by atoms with Crippen molar-refractivity contribution in [2.45, 2.75) is 58.4 Å². The number of carbonyl (C=O) groups excluding carboxylic acids is 2. The number of carbonyl (C=O) groups is 2. The van der Waals surface area contributed by atoms with E-state index in [0.29, 0.717) is 6.42 Å². The molecule has 0 radical (unpaired) electrons. The number of hydrogen-bond donors (Lipinski definition) is 0. The van der Waals surface area contributed by atoms with Gasteiger partial charge >= 0.3 is 6.03 Å². The molecule has 2 saturated heterocycles. The number of Topliss-reactive ketones (excluding diaryl/α,β-unsaturated/α-hetero) is 1. The average molecular weight is 266 g/mol. The molecule has 2 aliphatic rings. The number of nitrogens with zero attached hydrogens (tertiary/aromatic N) is 2. The van der Waals surface area contributed by atoms with E-state index in [0.717, 1.165) is 57.7 Å². The fourth-order valence-corrected chi connectivity index (χ4v) is 3.18. The topological polar surface area (TPSA) is 40.6 Å². The Hall–Kier alpha value is -1.06. The molecule has 19 heavy (non-hydrogen) atoms. The third-order valence-electron chi connectivity index (χ3n) is 4.45. The van der Waals surface area contributed by atoms with Crippen LogP contribution in [0.1, 0.15) is 52.4 Å². The first-order valence-electron chi connectivity index (χ1n) is 7.63. The van der Waals surface area contributed by atoms with Crippen molar-refractivity contribution in [3.05, 3.63) is 0 Å². The predicted octanol–water partition coefficient (Wildman–Crippen LogP) is 2.67. The lowest BCUT2D eigenvalue weighted by atomic mass is 9.97. The van der Waals surface area contributed by atoms with Gasteiger partial charge in [-0.2, -0.15) is 0 Å². The van der Waals surface area contributed by atoms with E-state index in [4.69, 9.17) is 0 Å². The largest absolute Gasteiger partial charge is 0.325 e. The second-order valence-electron chi connectivity index (χ2n) is 6.20. The molecular weight excluding hydrogens is 240 g/mol. The summed E-state index contributed by atoms with van der Waals surface area (Å²) >= 11 is 0. The zero-order valence-corrected chi connectivity index (χ0v) is 12.2. The Kier molecular flexibility index (Phi) is 4.83. The Labute approximate surface area is 116 Å². The van der Waals surface area contributed by atoms with E-state index in [1.165, 1.54) is 0 Å². The minimum atomic E-state index is 0.137. The highest BCUT2D eigenvalue weighted by Crippen LogP contribution is 2.24. The molecule has 1 unspecified atom stereocenters. The normalized spacial score (nSPS) is 25.5. The van der Waals surface area contributed by atoms with Gasteiger partial charge in [0, 0.05) is 32.1 Å². The standard InChI is InChI=1S/C15H26N2O2/c1-12-6-9-16(10-7-12)15(19)17-8-4-3-5-14(17)11-13(2)18/h12,14H,3-11H2,1-2H3. The molecule has 2 heterocycles. The van der Waals surface area contributed by atoms with Crippen LogP contribution in [0.25, 0.3) is 0 Å². The molecule has 0 aromatic heterocycles. The van der Waals surface area contributed by atoms with Crippen molar-refractivity contribution >= 4 is 11.8 Å². The Morgan fingerprint density at radius 1 is 1.05 bits per heavy atom. The van der Waals surface area contributed by atoms with Crippen molar-refractivity contribution in [1.82, 2.24) is 9.80 Å². The van der Waals surface area contributed by atoms with E-state index in [1.54, 1.807) is 6.92 Å². The number of urea groups is 1. The molecule has 0 aromatic carbocycles. The Balaban J connectivity index is 1.96. The predicted molar refractivity (Wildman–Crippen MR) is 75.0 cm³/mol. The minimum absolute atomic E-state index is 0.137. The molecule has 0 N–H and O–H groups in total. The highest BCUT2D eigenvalue weighted by Gasteiger charge is 2.31. The molecule has 4 heteroatoms. The lowest BCUT2D eigenvalue weighted by molar-refractivity contribution is -0.118. The third-order valence-corrected chi connectivity index (χ3v) is 4.45. The number of hydrogen-bond acceptors (Lipinski definition) is 2. The number of amides is 2. The summed E-state index contributed by atoms with van der Waals surface area (Å²) in [7, 11) is 0. The van der Waals surface area contributed by atoms with E-state index in [1.807, 2.05) is 9.80 Å². The molecule has 2 fully saturated rings. The molecule has 108 valence electrons. The van der Waals surface area contributed by atoms with E-state index in [2.05, 4.69) is 6.92 Å². The second kappa shape index (κ2) is 6.40. The van der Waals surface area contributed by atoms with Gasteiger partial charge in [0.2, 0.25) is 0 Å². The summed E-state index contributed by atoms with van der Waals surface area (Å²) in [5.41, 5.74) is 0. The van der Waals surface area contributed by atoms with Gasteiger partial charge in [0.1, 0.15) is 5.78 Å². The first kappa shape index (κ1) is 14.4. The summed E-state index contributed by atoms with van der Waals surface area (Å²) in [5, 5.41) is 0. The Bertz CT molecular complexity index is 335. The highest BCUT2D eigenvalue weighted by molar-refractivity contribution is 5.79. The van der Waals surface area contributed by atoms with Crippen molar-refractivity contribution in [2.75, 3.05) is 19.6 Å². The van der Waals surface area contributed by atoms with Crippen molar-refractivity contribution in [3.8, 4) is 0 Å². The van der Waals surface area contributed by atoms with E-state index in [-0.39, 0.29) is 17.9 Å². The van der Waals surface area contributed by atoms with E-state index < -0.39 is 0 Å². The van der Waals surface area contributed by atoms with Crippen LogP contribution in [0.15, 0.2) is 0 Å². The second-order valence-corrected chi connectivity index (χ2v) is 6.20. The summed E-state index contributed by atoms with van der Waals surface area (Å²) in [6.07, 6.45) is 5.93.